The van der Waals surface area contributed by atoms with E-state index in [-0.39, 0.29) is 11.7 Å². The minimum atomic E-state index is -2.44. The van der Waals surface area contributed by atoms with Crippen molar-refractivity contribution in [1.82, 2.24) is 14.3 Å². The molecular formula is C19H21ClN4O3S. The second-order valence-corrected chi connectivity index (χ2v) is 9.59. The normalized spacial score (nSPS) is 18.1. The first-order chi connectivity index (χ1) is 13.4. The number of nitrogens with zero attached hydrogens (tertiary/aromatic N) is 3. The molecule has 28 heavy (non-hydrogen) atoms. The first kappa shape index (κ1) is 19.2. The third-order valence-corrected chi connectivity index (χ3v) is 6.79. The van der Waals surface area contributed by atoms with E-state index in [0.717, 1.165) is 11.2 Å². The molecule has 0 bridgehead atoms. The Labute approximate surface area is 169 Å². The van der Waals surface area contributed by atoms with E-state index < -0.39 is 10.6 Å². The third-order valence-electron chi connectivity index (χ3n) is 4.79. The smallest absolute Gasteiger partial charge is 0.292 e. The average molecular weight is 421 g/mol. The number of fused-ring (bicyclic) bond motifs is 1. The van der Waals surface area contributed by atoms with Gasteiger partial charge >= 0.3 is 0 Å². The highest BCUT2D eigenvalue weighted by Gasteiger charge is 2.24. The Morgan fingerprint density at radius 2 is 1.86 bits per heavy atom. The minimum Gasteiger partial charge on any atom is -0.318 e. The van der Waals surface area contributed by atoms with E-state index in [4.69, 9.17) is 11.6 Å². The summed E-state index contributed by atoms with van der Waals surface area (Å²) < 4.78 is 21.4. The number of hydrogen-bond acceptors (Lipinski definition) is 5. The van der Waals surface area contributed by atoms with Crippen LogP contribution >= 0.6 is 22.2 Å². The number of carbonyl (C=O) groups is 1. The number of nitrogens with one attached hydrogen (secondary N) is 1. The van der Waals surface area contributed by atoms with Gasteiger partial charge in [-0.1, -0.05) is 29.8 Å². The zero-order valence-corrected chi connectivity index (χ0v) is 16.7. The van der Waals surface area contributed by atoms with Crippen molar-refractivity contribution in [2.24, 2.45) is 0 Å². The molecule has 0 atom stereocenters. The zero-order valence-electron chi connectivity index (χ0n) is 15.1. The Balaban J connectivity index is 1.60. The van der Waals surface area contributed by atoms with E-state index in [2.05, 4.69) is 15.2 Å². The number of rotatable bonds is 4. The Morgan fingerprint density at radius 1 is 1.14 bits per heavy atom. The van der Waals surface area contributed by atoms with Crippen molar-refractivity contribution in [3.63, 3.8) is 0 Å². The molecule has 4 rings (SSSR count). The summed E-state index contributed by atoms with van der Waals surface area (Å²) in [5.74, 6) is 0.692. The lowest BCUT2D eigenvalue weighted by atomic mass is 10.3. The van der Waals surface area contributed by atoms with Crippen LogP contribution in [-0.2, 0) is 6.54 Å². The predicted octanol–water partition coefficient (Wildman–Crippen LogP) is 3.81. The van der Waals surface area contributed by atoms with E-state index in [1.165, 1.54) is 0 Å². The van der Waals surface area contributed by atoms with Crippen molar-refractivity contribution < 1.29 is 13.9 Å². The lowest BCUT2D eigenvalue weighted by Crippen LogP contribution is -2.37. The maximum atomic E-state index is 12.8. The number of carbonyl (C=O) groups excluding carboxylic acids is 1. The Morgan fingerprint density at radius 3 is 2.61 bits per heavy atom. The van der Waals surface area contributed by atoms with Gasteiger partial charge in [0.1, 0.15) is 0 Å². The maximum Gasteiger partial charge on any atom is 0.292 e. The van der Waals surface area contributed by atoms with Gasteiger partial charge < -0.3 is 5.32 Å². The summed E-state index contributed by atoms with van der Waals surface area (Å²) in [6, 6.07) is 12.7. The number of para-hydroxylation sites is 1. The second-order valence-electron chi connectivity index (χ2n) is 6.76. The molecule has 1 aliphatic rings. The summed E-state index contributed by atoms with van der Waals surface area (Å²) in [6.07, 6.45) is 1.81. The van der Waals surface area contributed by atoms with Gasteiger partial charge in [0.05, 0.1) is 33.4 Å². The number of anilines is 1. The first-order valence-corrected chi connectivity index (χ1v) is 11.2. The van der Waals surface area contributed by atoms with Gasteiger partial charge in [-0.25, -0.2) is 4.98 Å². The molecule has 1 aromatic carbocycles. The van der Waals surface area contributed by atoms with E-state index in [0.29, 0.717) is 41.8 Å². The SMILES string of the molecule is O=C(Nc1ccccc1Cl)c1nc(CN2CCS(O)(O)CC2)c2ccccn12. The van der Waals surface area contributed by atoms with E-state index in [1.807, 2.05) is 18.2 Å². The summed E-state index contributed by atoms with van der Waals surface area (Å²) >= 11 is 6.14. The molecule has 3 N–H and O–H groups in total. The summed E-state index contributed by atoms with van der Waals surface area (Å²) in [4.78, 5) is 19.6. The lowest BCUT2D eigenvalue weighted by Gasteiger charge is -2.40. The molecule has 0 saturated carbocycles. The summed E-state index contributed by atoms with van der Waals surface area (Å²) in [6.45, 7) is 1.73. The lowest BCUT2D eigenvalue weighted by molar-refractivity contribution is 0.101. The highest BCUT2D eigenvalue weighted by Crippen LogP contribution is 2.40. The average Bonchev–Trinajstić information content (AvgIpc) is 3.04. The molecule has 1 saturated heterocycles. The summed E-state index contributed by atoms with van der Waals surface area (Å²) in [5.41, 5.74) is 2.16. The van der Waals surface area contributed by atoms with Crippen LogP contribution in [0.3, 0.4) is 0 Å². The van der Waals surface area contributed by atoms with E-state index in [1.54, 1.807) is 34.9 Å². The van der Waals surface area contributed by atoms with Crippen molar-refractivity contribution in [2.45, 2.75) is 6.54 Å². The van der Waals surface area contributed by atoms with Crippen LogP contribution in [0.25, 0.3) is 5.52 Å². The molecular weight excluding hydrogens is 400 g/mol. The molecule has 0 radical (unpaired) electrons. The Hall–Kier alpha value is -2.10. The van der Waals surface area contributed by atoms with Crippen molar-refractivity contribution in [1.29, 1.82) is 0 Å². The molecule has 148 valence electrons. The topological polar surface area (TPSA) is 90.1 Å². The summed E-state index contributed by atoms with van der Waals surface area (Å²) in [5, 5.41) is 3.28. The molecule has 0 aliphatic carbocycles. The first-order valence-electron chi connectivity index (χ1n) is 8.91. The number of imidazole rings is 1. The highest BCUT2D eigenvalue weighted by molar-refractivity contribution is 8.24. The van der Waals surface area contributed by atoms with Crippen LogP contribution in [0.2, 0.25) is 5.02 Å². The molecule has 0 unspecified atom stereocenters. The van der Waals surface area contributed by atoms with Crippen molar-refractivity contribution in [2.75, 3.05) is 29.9 Å². The van der Waals surface area contributed by atoms with Crippen LogP contribution in [0.1, 0.15) is 16.3 Å². The minimum absolute atomic E-state index is 0.284. The van der Waals surface area contributed by atoms with Gasteiger partial charge in [0.25, 0.3) is 5.91 Å². The van der Waals surface area contributed by atoms with Gasteiger partial charge in [0, 0.05) is 25.8 Å². The van der Waals surface area contributed by atoms with Crippen LogP contribution < -0.4 is 5.32 Å². The zero-order chi connectivity index (χ0) is 19.7. The largest absolute Gasteiger partial charge is 0.318 e. The van der Waals surface area contributed by atoms with Gasteiger partial charge in [-0.2, -0.15) is 10.6 Å². The number of aromatic nitrogens is 2. The standard InChI is InChI=1S/C19H21ClN4O3S/c20-14-5-1-2-6-15(14)22-19(25)18-21-16(17-7-3-4-8-24(17)18)13-23-9-11-28(26,27)12-10-23/h1-8,26-27H,9-13H2,(H,22,25). The fraction of sp³-hybridized carbons (Fsp3) is 0.263. The van der Waals surface area contributed by atoms with Crippen molar-refractivity contribution in [3.05, 3.63) is 65.2 Å². The third kappa shape index (κ3) is 4.01. The van der Waals surface area contributed by atoms with Gasteiger partial charge in [0.15, 0.2) is 0 Å². The fourth-order valence-corrected chi connectivity index (χ4v) is 4.74. The van der Waals surface area contributed by atoms with Crippen molar-refractivity contribution in [3.8, 4) is 0 Å². The molecule has 1 aliphatic heterocycles. The fourth-order valence-electron chi connectivity index (χ4n) is 3.25. The van der Waals surface area contributed by atoms with Crippen LogP contribution in [-0.4, -0.2) is 53.9 Å². The second kappa shape index (κ2) is 7.73. The van der Waals surface area contributed by atoms with Gasteiger partial charge in [-0.15, -0.1) is 0 Å². The molecule has 0 spiro atoms. The quantitative estimate of drug-likeness (QED) is 0.597. The number of halogens is 1. The number of amides is 1. The Kier molecular flexibility index (Phi) is 5.31. The van der Waals surface area contributed by atoms with Gasteiger partial charge in [0.2, 0.25) is 5.82 Å². The Bertz CT molecular complexity index is 1010. The molecule has 7 nitrogen and oxygen atoms in total. The maximum absolute atomic E-state index is 12.8. The monoisotopic (exact) mass is 420 g/mol. The molecule has 1 amide bonds. The van der Waals surface area contributed by atoms with E-state index >= 15 is 0 Å². The van der Waals surface area contributed by atoms with Crippen molar-refractivity contribution >= 4 is 39.3 Å². The molecule has 9 heteroatoms. The number of benzene rings is 1. The van der Waals surface area contributed by atoms with E-state index in [9.17, 15) is 13.9 Å². The van der Waals surface area contributed by atoms with Gasteiger partial charge in [-0.05, 0) is 24.3 Å². The van der Waals surface area contributed by atoms with Crippen LogP contribution in [0, 0.1) is 0 Å². The number of pyridine rings is 1. The molecule has 3 heterocycles. The molecule has 2 aromatic heterocycles. The van der Waals surface area contributed by atoms with Crippen LogP contribution in [0.4, 0.5) is 5.69 Å². The molecule has 3 aromatic rings. The van der Waals surface area contributed by atoms with Gasteiger partial charge in [-0.3, -0.25) is 23.2 Å². The number of hydrogen-bond donors (Lipinski definition) is 3. The van der Waals surface area contributed by atoms with Crippen LogP contribution in [0.15, 0.2) is 48.7 Å². The highest BCUT2D eigenvalue weighted by atomic mass is 35.5. The van der Waals surface area contributed by atoms with Crippen LogP contribution in [0.5, 0.6) is 0 Å². The predicted molar refractivity (Wildman–Crippen MR) is 112 cm³/mol. The summed E-state index contributed by atoms with van der Waals surface area (Å²) in [7, 11) is -2.44. The molecule has 1 fully saturated rings.